The molecule has 1 amide bonds. The lowest BCUT2D eigenvalue weighted by Gasteiger charge is -1.98. The SMILES string of the molecule is CSc1ccc(/C=N/NC(=O)c2sc3ccc(Cl)cc3c2Cl)cc1. The predicted molar refractivity (Wildman–Crippen MR) is 105 cm³/mol. The molecule has 1 heterocycles. The van der Waals surface area contributed by atoms with E-state index in [0.717, 1.165) is 15.6 Å². The van der Waals surface area contributed by atoms with Crippen LogP contribution >= 0.6 is 46.3 Å². The number of hydrogen-bond donors (Lipinski definition) is 1. The van der Waals surface area contributed by atoms with Gasteiger partial charge in [-0.1, -0.05) is 35.3 Å². The van der Waals surface area contributed by atoms with E-state index in [2.05, 4.69) is 10.5 Å². The molecule has 1 N–H and O–H groups in total. The van der Waals surface area contributed by atoms with Crippen molar-refractivity contribution < 1.29 is 4.79 Å². The van der Waals surface area contributed by atoms with Gasteiger partial charge in [-0.3, -0.25) is 4.79 Å². The molecule has 0 aliphatic rings. The first-order valence-electron chi connectivity index (χ1n) is 6.93. The minimum absolute atomic E-state index is 0.339. The van der Waals surface area contributed by atoms with Crippen LogP contribution in [-0.4, -0.2) is 18.4 Å². The minimum atomic E-state index is -0.339. The molecule has 7 heteroatoms. The van der Waals surface area contributed by atoms with Crippen LogP contribution in [0.2, 0.25) is 10.0 Å². The van der Waals surface area contributed by atoms with Gasteiger partial charge in [-0.25, -0.2) is 5.43 Å². The molecule has 0 bridgehead atoms. The fraction of sp³-hybridized carbons (Fsp3) is 0.0588. The molecule has 0 unspecified atom stereocenters. The number of halogens is 2. The normalized spacial score (nSPS) is 11.3. The van der Waals surface area contributed by atoms with E-state index in [4.69, 9.17) is 23.2 Å². The molecule has 3 rings (SSSR count). The van der Waals surface area contributed by atoms with Gasteiger partial charge in [0.15, 0.2) is 0 Å². The monoisotopic (exact) mass is 394 g/mol. The molecule has 24 heavy (non-hydrogen) atoms. The van der Waals surface area contributed by atoms with E-state index in [1.165, 1.54) is 16.2 Å². The van der Waals surface area contributed by atoms with E-state index in [1.807, 2.05) is 36.6 Å². The number of fused-ring (bicyclic) bond motifs is 1. The standard InChI is InChI=1S/C17H12Cl2N2OS2/c1-23-12-5-2-10(3-6-12)9-20-21-17(22)16-15(19)13-8-11(18)4-7-14(13)24-16/h2-9H,1H3,(H,21,22)/b20-9+. The Labute approximate surface area is 157 Å². The molecule has 0 aliphatic heterocycles. The van der Waals surface area contributed by atoms with E-state index < -0.39 is 0 Å². The van der Waals surface area contributed by atoms with Crippen LogP contribution < -0.4 is 5.43 Å². The number of hydrogen-bond acceptors (Lipinski definition) is 4. The Hall–Kier alpha value is -1.53. The molecule has 122 valence electrons. The first kappa shape index (κ1) is 17.3. The second-order valence-corrected chi connectivity index (χ2v) is 7.60. The lowest BCUT2D eigenvalue weighted by Crippen LogP contribution is -2.16. The maximum absolute atomic E-state index is 12.3. The van der Waals surface area contributed by atoms with Crippen LogP contribution in [0, 0.1) is 0 Å². The van der Waals surface area contributed by atoms with Crippen LogP contribution in [0.25, 0.3) is 10.1 Å². The van der Waals surface area contributed by atoms with Crippen molar-refractivity contribution in [1.29, 1.82) is 0 Å². The molecular formula is C17H12Cl2N2OS2. The Balaban J connectivity index is 1.75. The number of hydrazone groups is 1. The van der Waals surface area contributed by atoms with Gasteiger partial charge in [-0.05, 0) is 42.2 Å². The molecule has 3 aromatic rings. The number of carbonyl (C=O) groups excluding carboxylic acids is 1. The average Bonchev–Trinajstić information content (AvgIpc) is 2.92. The highest BCUT2D eigenvalue weighted by molar-refractivity contribution is 7.98. The molecular weight excluding hydrogens is 383 g/mol. The van der Waals surface area contributed by atoms with Gasteiger partial charge in [-0.15, -0.1) is 23.1 Å². The predicted octanol–water partition coefficient (Wildman–Crippen LogP) is 5.69. The van der Waals surface area contributed by atoms with Crippen molar-refractivity contribution >= 4 is 68.5 Å². The third-order valence-corrected chi connectivity index (χ3v) is 5.94. The molecule has 3 nitrogen and oxygen atoms in total. The topological polar surface area (TPSA) is 41.5 Å². The summed E-state index contributed by atoms with van der Waals surface area (Å²) in [6.07, 6.45) is 3.62. The summed E-state index contributed by atoms with van der Waals surface area (Å²) in [6.45, 7) is 0. The summed E-state index contributed by atoms with van der Waals surface area (Å²) in [6, 6.07) is 13.3. The van der Waals surface area contributed by atoms with Gasteiger partial charge in [0.05, 0.1) is 11.2 Å². The largest absolute Gasteiger partial charge is 0.283 e. The highest BCUT2D eigenvalue weighted by atomic mass is 35.5. The van der Waals surface area contributed by atoms with Gasteiger partial charge in [0.2, 0.25) is 0 Å². The van der Waals surface area contributed by atoms with Crippen LogP contribution in [0.1, 0.15) is 15.2 Å². The highest BCUT2D eigenvalue weighted by Crippen LogP contribution is 2.36. The van der Waals surface area contributed by atoms with Crippen molar-refractivity contribution in [3.8, 4) is 0 Å². The van der Waals surface area contributed by atoms with Gasteiger partial charge in [0, 0.05) is 20.0 Å². The number of thioether (sulfide) groups is 1. The summed E-state index contributed by atoms with van der Waals surface area (Å²) < 4.78 is 0.909. The zero-order chi connectivity index (χ0) is 17.1. The van der Waals surface area contributed by atoms with Crippen LogP contribution in [-0.2, 0) is 0 Å². The minimum Gasteiger partial charge on any atom is -0.266 e. The molecule has 0 saturated heterocycles. The number of benzene rings is 2. The fourth-order valence-corrected chi connectivity index (χ4v) is 4.05. The van der Waals surface area contributed by atoms with Gasteiger partial charge in [-0.2, -0.15) is 5.10 Å². The summed E-state index contributed by atoms with van der Waals surface area (Å²) in [4.78, 5) is 13.9. The fourth-order valence-electron chi connectivity index (χ4n) is 2.09. The van der Waals surface area contributed by atoms with Gasteiger partial charge >= 0.3 is 0 Å². The van der Waals surface area contributed by atoms with Crippen LogP contribution in [0.3, 0.4) is 0 Å². The highest BCUT2D eigenvalue weighted by Gasteiger charge is 2.16. The van der Waals surface area contributed by atoms with E-state index in [-0.39, 0.29) is 5.91 Å². The molecule has 0 fully saturated rings. The first-order valence-corrected chi connectivity index (χ1v) is 9.73. The second kappa shape index (κ2) is 7.57. The lowest BCUT2D eigenvalue weighted by atomic mass is 10.2. The smallest absolute Gasteiger partial charge is 0.266 e. The van der Waals surface area contributed by atoms with Crippen molar-refractivity contribution in [2.45, 2.75) is 4.90 Å². The summed E-state index contributed by atoms with van der Waals surface area (Å²) in [7, 11) is 0. The van der Waals surface area contributed by atoms with E-state index in [9.17, 15) is 4.79 Å². The number of rotatable bonds is 4. The molecule has 0 saturated carbocycles. The first-order chi connectivity index (χ1) is 11.6. The summed E-state index contributed by atoms with van der Waals surface area (Å²) in [5.74, 6) is -0.339. The van der Waals surface area contributed by atoms with Crippen LogP contribution in [0.15, 0.2) is 52.5 Å². The lowest BCUT2D eigenvalue weighted by molar-refractivity contribution is 0.0959. The van der Waals surface area contributed by atoms with Crippen molar-refractivity contribution in [3.63, 3.8) is 0 Å². The molecule has 0 atom stereocenters. The quantitative estimate of drug-likeness (QED) is 0.350. The Kier molecular flexibility index (Phi) is 5.46. The average molecular weight is 395 g/mol. The molecule has 0 spiro atoms. The van der Waals surface area contributed by atoms with Gasteiger partial charge in [0.1, 0.15) is 4.88 Å². The number of nitrogens with zero attached hydrogens (tertiary/aromatic N) is 1. The van der Waals surface area contributed by atoms with Crippen LogP contribution in [0.5, 0.6) is 0 Å². The number of carbonyl (C=O) groups is 1. The second-order valence-electron chi connectivity index (χ2n) is 4.86. The Morgan fingerprint density at radius 2 is 1.96 bits per heavy atom. The van der Waals surface area contributed by atoms with Gasteiger partial charge < -0.3 is 0 Å². The zero-order valence-corrected chi connectivity index (χ0v) is 15.7. The van der Waals surface area contributed by atoms with Crippen LogP contribution in [0.4, 0.5) is 0 Å². The van der Waals surface area contributed by atoms with E-state index in [0.29, 0.717) is 14.9 Å². The maximum Gasteiger partial charge on any atom is 0.283 e. The summed E-state index contributed by atoms with van der Waals surface area (Å²) in [5.41, 5.74) is 3.42. The number of amides is 1. The van der Waals surface area contributed by atoms with Crippen molar-refractivity contribution in [2.24, 2.45) is 5.10 Å². The number of thiophene rings is 1. The molecule has 1 aromatic heterocycles. The summed E-state index contributed by atoms with van der Waals surface area (Å²) >= 11 is 15.2. The van der Waals surface area contributed by atoms with E-state index in [1.54, 1.807) is 30.1 Å². The Morgan fingerprint density at radius 1 is 1.21 bits per heavy atom. The number of nitrogens with one attached hydrogen (secondary N) is 1. The molecule has 0 radical (unpaired) electrons. The van der Waals surface area contributed by atoms with Crippen molar-refractivity contribution in [1.82, 2.24) is 5.43 Å². The zero-order valence-electron chi connectivity index (χ0n) is 12.5. The third kappa shape index (κ3) is 3.75. The maximum atomic E-state index is 12.3. The molecule has 0 aliphatic carbocycles. The summed E-state index contributed by atoms with van der Waals surface area (Å²) in [5, 5.41) is 5.75. The molecule has 2 aromatic carbocycles. The Bertz CT molecular complexity index is 920. The van der Waals surface area contributed by atoms with Gasteiger partial charge in [0.25, 0.3) is 5.91 Å². The Morgan fingerprint density at radius 3 is 2.67 bits per heavy atom. The van der Waals surface area contributed by atoms with Crippen molar-refractivity contribution in [3.05, 3.63) is 63.0 Å². The van der Waals surface area contributed by atoms with Crippen molar-refractivity contribution in [2.75, 3.05) is 6.26 Å². The third-order valence-electron chi connectivity index (χ3n) is 3.29. The van der Waals surface area contributed by atoms with E-state index >= 15 is 0 Å².